The number of amides is 1. The van der Waals surface area contributed by atoms with Gasteiger partial charge in [-0.25, -0.2) is 4.98 Å². The standard InChI is InChI=1S/C20H18N4O3S/c25-9-8-21-17(26)11-18-23-24-19(27-18)12-20-22-15-7-6-14(10-16(15)28-20)13-4-2-1-3-5-13/h1-7,10,25H,8-9,11-12H2,(H,21,26). The minimum Gasteiger partial charge on any atom is -0.424 e. The normalized spacial score (nSPS) is 11.0. The molecule has 0 radical (unpaired) electrons. The maximum absolute atomic E-state index is 11.6. The van der Waals surface area contributed by atoms with E-state index in [-0.39, 0.29) is 31.4 Å². The Labute approximate surface area is 165 Å². The van der Waals surface area contributed by atoms with E-state index >= 15 is 0 Å². The maximum atomic E-state index is 11.6. The van der Waals surface area contributed by atoms with Crippen molar-refractivity contribution in [3.8, 4) is 11.1 Å². The van der Waals surface area contributed by atoms with E-state index in [1.165, 1.54) is 5.56 Å². The van der Waals surface area contributed by atoms with Crippen molar-refractivity contribution in [2.75, 3.05) is 13.2 Å². The van der Waals surface area contributed by atoms with Crippen molar-refractivity contribution in [2.24, 2.45) is 0 Å². The third-order valence-electron chi connectivity index (χ3n) is 4.10. The highest BCUT2D eigenvalue weighted by atomic mass is 32.1. The van der Waals surface area contributed by atoms with E-state index in [0.29, 0.717) is 12.3 Å². The van der Waals surface area contributed by atoms with Gasteiger partial charge in [-0.15, -0.1) is 21.5 Å². The Hall–Kier alpha value is -3.10. The molecule has 142 valence electrons. The Morgan fingerprint density at radius 3 is 2.71 bits per heavy atom. The summed E-state index contributed by atoms with van der Waals surface area (Å²) < 4.78 is 6.65. The molecule has 2 heterocycles. The van der Waals surface area contributed by atoms with E-state index in [1.54, 1.807) is 11.3 Å². The highest BCUT2D eigenvalue weighted by Crippen LogP contribution is 2.29. The Morgan fingerprint density at radius 1 is 1.07 bits per heavy atom. The first kappa shape index (κ1) is 18.3. The number of aromatic nitrogens is 3. The number of aliphatic hydroxyl groups is 1. The molecule has 2 aromatic carbocycles. The summed E-state index contributed by atoms with van der Waals surface area (Å²) in [5.74, 6) is 0.405. The van der Waals surface area contributed by atoms with Gasteiger partial charge in [-0.3, -0.25) is 4.79 Å². The van der Waals surface area contributed by atoms with Crippen LogP contribution in [0.3, 0.4) is 0 Å². The molecule has 0 atom stereocenters. The van der Waals surface area contributed by atoms with Gasteiger partial charge in [0.15, 0.2) is 0 Å². The van der Waals surface area contributed by atoms with Gasteiger partial charge >= 0.3 is 0 Å². The van der Waals surface area contributed by atoms with Gasteiger partial charge in [0.25, 0.3) is 0 Å². The lowest BCUT2D eigenvalue weighted by Crippen LogP contribution is -2.27. The summed E-state index contributed by atoms with van der Waals surface area (Å²) in [6.07, 6.45) is 0.415. The number of carbonyl (C=O) groups excluding carboxylic acids is 1. The zero-order valence-electron chi connectivity index (χ0n) is 15.0. The fourth-order valence-electron chi connectivity index (χ4n) is 2.81. The second-order valence-corrected chi connectivity index (χ2v) is 7.29. The van der Waals surface area contributed by atoms with Gasteiger partial charge in [0, 0.05) is 6.54 Å². The molecule has 8 heteroatoms. The minimum absolute atomic E-state index is 0.00667. The third kappa shape index (κ3) is 4.24. The molecule has 2 aromatic heterocycles. The van der Waals surface area contributed by atoms with E-state index < -0.39 is 0 Å². The number of benzene rings is 2. The van der Waals surface area contributed by atoms with Gasteiger partial charge in [0.05, 0.1) is 23.2 Å². The minimum atomic E-state index is -0.266. The largest absolute Gasteiger partial charge is 0.424 e. The number of aliphatic hydroxyl groups excluding tert-OH is 1. The number of nitrogens with one attached hydrogen (secondary N) is 1. The number of nitrogens with zero attached hydrogens (tertiary/aromatic N) is 3. The van der Waals surface area contributed by atoms with Gasteiger partial charge in [-0.1, -0.05) is 36.4 Å². The van der Waals surface area contributed by atoms with Crippen molar-refractivity contribution in [2.45, 2.75) is 12.8 Å². The van der Waals surface area contributed by atoms with Crippen LogP contribution in [0, 0.1) is 0 Å². The summed E-state index contributed by atoms with van der Waals surface area (Å²) in [7, 11) is 0. The highest BCUT2D eigenvalue weighted by molar-refractivity contribution is 7.18. The van der Waals surface area contributed by atoms with Crippen molar-refractivity contribution >= 4 is 27.5 Å². The van der Waals surface area contributed by atoms with Crippen LogP contribution < -0.4 is 5.32 Å². The zero-order chi connectivity index (χ0) is 19.3. The summed E-state index contributed by atoms with van der Waals surface area (Å²) in [5, 5.41) is 20.0. The van der Waals surface area contributed by atoms with Gasteiger partial charge in [-0.05, 0) is 23.3 Å². The van der Waals surface area contributed by atoms with Gasteiger partial charge < -0.3 is 14.8 Å². The molecule has 0 spiro atoms. The zero-order valence-corrected chi connectivity index (χ0v) is 15.8. The van der Waals surface area contributed by atoms with Crippen molar-refractivity contribution in [3.05, 3.63) is 65.3 Å². The lowest BCUT2D eigenvalue weighted by Gasteiger charge is -2.00. The Balaban J connectivity index is 1.47. The lowest BCUT2D eigenvalue weighted by atomic mass is 10.1. The van der Waals surface area contributed by atoms with E-state index in [4.69, 9.17) is 9.52 Å². The van der Waals surface area contributed by atoms with Gasteiger partial charge in [-0.2, -0.15) is 0 Å². The van der Waals surface area contributed by atoms with E-state index in [9.17, 15) is 4.79 Å². The summed E-state index contributed by atoms with van der Waals surface area (Å²) in [6.45, 7) is 0.0981. The summed E-state index contributed by atoms with van der Waals surface area (Å²) in [6, 6.07) is 16.4. The monoisotopic (exact) mass is 394 g/mol. The van der Waals surface area contributed by atoms with Crippen LogP contribution in [0.15, 0.2) is 52.9 Å². The predicted octanol–water partition coefficient (Wildman–Crippen LogP) is 2.59. The Morgan fingerprint density at radius 2 is 1.89 bits per heavy atom. The highest BCUT2D eigenvalue weighted by Gasteiger charge is 2.13. The van der Waals surface area contributed by atoms with E-state index in [1.807, 2.05) is 24.3 Å². The van der Waals surface area contributed by atoms with Gasteiger partial charge in [0.2, 0.25) is 17.7 Å². The van der Waals surface area contributed by atoms with Crippen LogP contribution in [0.25, 0.3) is 21.3 Å². The lowest BCUT2D eigenvalue weighted by molar-refractivity contribution is -0.120. The summed E-state index contributed by atoms with van der Waals surface area (Å²) in [5.41, 5.74) is 3.25. The molecule has 1 amide bonds. The number of carbonyl (C=O) groups is 1. The smallest absolute Gasteiger partial charge is 0.229 e. The molecule has 2 N–H and O–H groups in total. The second kappa shape index (κ2) is 8.28. The molecule has 0 aliphatic carbocycles. The Kier molecular flexibility index (Phi) is 5.41. The first-order valence-electron chi connectivity index (χ1n) is 8.85. The molecule has 0 bridgehead atoms. The third-order valence-corrected chi connectivity index (χ3v) is 5.11. The number of rotatable bonds is 7. The molecule has 0 saturated carbocycles. The molecule has 0 unspecified atom stereocenters. The van der Waals surface area contributed by atoms with Crippen molar-refractivity contribution in [1.82, 2.24) is 20.5 Å². The molecule has 0 aliphatic heterocycles. The van der Waals surface area contributed by atoms with Crippen molar-refractivity contribution in [3.63, 3.8) is 0 Å². The molecule has 0 fully saturated rings. The van der Waals surface area contributed by atoms with Crippen molar-refractivity contribution in [1.29, 1.82) is 0 Å². The first-order valence-corrected chi connectivity index (χ1v) is 9.66. The molecule has 0 saturated heterocycles. The van der Waals surface area contributed by atoms with Crippen LogP contribution in [-0.2, 0) is 17.6 Å². The summed E-state index contributed by atoms with van der Waals surface area (Å²) >= 11 is 1.59. The number of thiazole rings is 1. The second-order valence-electron chi connectivity index (χ2n) is 6.17. The van der Waals surface area contributed by atoms with Crippen molar-refractivity contribution < 1.29 is 14.3 Å². The molecular weight excluding hydrogens is 376 g/mol. The average molecular weight is 394 g/mol. The fraction of sp³-hybridized carbons (Fsp3) is 0.200. The number of hydrogen-bond donors (Lipinski definition) is 2. The number of hydrogen-bond acceptors (Lipinski definition) is 7. The van der Waals surface area contributed by atoms with E-state index in [2.05, 4.69) is 44.8 Å². The topological polar surface area (TPSA) is 101 Å². The van der Waals surface area contributed by atoms with Crippen LogP contribution in [0.5, 0.6) is 0 Å². The summed E-state index contributed by atoms with van der Waals surface area (Å²) in [4.78, 5) is 16.3. The van der Waals surface area contributed by atoms with Crippen LogP contribution in [0.1, 0.15) is 16.8 Å². The van der Waals surface area contributed by atoms with Gasteiger partial charge in [0.1, 0.15) is 11.4 Å². The van der Waals surface area contributed by atoms with Crippen LogP contribution in [-0.4, -0.2) is 39.3 Å². The number of fused-ring (bicyclic) bond motifs is 1. The Bertz CT molecular complexity index is 1090. The molecule has 0 aliphatic rings. The molecule has 28 heavy (non-hydrogen) atoms. The predicted molar refractivity (Wildman–Crippen MR) is 106 cm³/mol. The first-order chi connectivity index (χ1) is 13.7. The van der Waals surface area contributed by atoms with Crippen LogP contribution in [0.4, 0.5) is 0 Å². The fourth-order valence-corrected chi connectivity index (χ4v) is 3.81. The van der Waals surface area contributed by atoms with Crippen LogP contribution >= 0.6 is 11.3 Å². The quantitative estimate of drug-likeness (QED) is 0.500. The maximum Gasteiger partial charge on any atom is 0.229 e. The average Bonchev–Trinajstić information content (AvgIpc) is 3.32. The molecule has 4 aromatic rings. The van der Waals surface area contributed by atoms with Crippen LogP contribution in [0.2, 0.25) is 0 Å². The molecule has 4 rings (SSSR count). The SMILES string of the molecule is O=C(Cc1nnc(Cc2nc3ccc(-c4ccccc4)cc3s2)o1)NCCO. The van der Waals surface area contributed by atoms with E-state index in [0.717, 1.165) is 20.8 Å². The molecular formula is C20H18N4O3S. The molecule has 7 nitrogen and oxygen atoms in total.